The number of halogens is 2. The molecular formula is C24H18ClFN2O2. The van der Waals surface area contributed by atoms with Gasteiger partial charge in [-0.15, -0.1) is 0 Å². The molecule has 4 rings (SSSR count). The summed E-state index contributed by atoms with van der Waals surface area (Å²) in [5, 5.41) is 0.576. The van der Waals surface area contributed by atoms with E-state index in [0.717, 1.165) is 11.3 Å². The van der Waals surface area contributed by atoms with Crippen molar-refractivity contribution in [3.05, 3.63) is 107 Å². The molecule has 0 saturated heterocycles. The Hall–Kier alpha value is -3.44. The third kappa shape index (κ3) is 3.72. The zero-order valence-electron chi connectivity index (χ0n) is 16.2. The lowest BCUT2D eigenvalue weighted by Gasteiger charge is -2.21. The van der Waals surface area contributed by atoms with E-state index in [1.807, 2.05) is 30.3 Å². The summed E-state index contributed by atoms with van der Waals surface area (Å²) in [6.45, 7) is 0.117. The molecule has 30 heavy (non-hydrogen) atoms. The minimum absolute atomic E-state index is 0.117. The van der Waals surface area contributed by atoms with Crippen LogP contribution in [0.3, 0.4) is 0 Å². The number of likely N-dealkylation sites (N-methyl/N-ethyl adjacent to an activating group) is 1. The monoisotopic (exact) mass is 420 g/mol. The first-order valence-corrected chi connectivity index (χ1v) is 9.73. The highest BCUT2D eigenvalue weighted by molar-refractivity contribution is 6.36. The van der Waals surface area contributed by atoms with Gasteiger partial charge >= 0.3 is 0 Å². The van der Waals surface area contributed by atoms with Crippen LogP contribution in [0, 0.1) is 5.82 Å². The maximum Gasteiger partial charge on any atom is 0.278 e. The van der Waals surface area contributed by atoms with Crippen molar-refractivity contribution in [2.75, 3.05) is 11.9 Å². The molecule has 2 amide bonds. The number of benzene rings is 3. The van der Waals surface area contributed by atoms with Crippen molar-refractivity contribution in [2.45, 2.75) is 6.54 Å². The average Bonchev–Trinajstić information content (AvgIpc) is 3.00. The number of carbonyl (C=O) groups is 2. The molecule has 0 N–H and O–H groups in total. The Morgan fingerprint density at radius 2 is 1.50 bits per heavy atom. The van der Waals surface area contributed by atoms with Gasteiger partial charge in [-0.2, -0.15) is 0 Å². The van der Waals surface area contributed by atoms with Gasteiger partial charge in [-0.3, -0.25) is 14.5 Å². The Morgan fingerprint density at radius 1 is 0.867 bits per heavy atom. The highest BCUT2D eigenvalue weighted by Gasteiger charge is 2.41. The van der Waals surface area contributed by atoms with Crippen LogP contribution in [0.4, 0.5) is 10.1 Å². The predicted octanol–water partition coefficient (Wildman–Crippen LogP) is 4.90. The number of amides is 2. The fourth-order valence-electron chi connectivity index (χ4n) is 3.45. The molecule has 1 aliphatic heterocycles. The zero-order chi connectivity index (χ0) is 21.3. The molecule has 1 heterocycles. The predicted molar refractivity (Wildman–Crippen MR) is 115 cm³/mol. The van der Waals surface area contributed by atoms with Gasteiger partial charge in [0.15, 0.2) is 0 Å². The minimum atomic E-state index is -0.417. The van der Waals surface area contributed by atoms with Gasteiger partial charge < -0.3 is 4.90 Å². The average molecular weight is 421 g/mol. The largest absolute Gasteiger partial charge is 0.339 e. The number of carbonyl (C=O) groups excluding carboxylic acids is 2. The van der Waals surface area contributed by atoms with Crippen LogP contribution in [0.5, 0.6) is 0 Å². The van der Waals surface area contributed by atoms with Gasteiger partial charge in [0.25, 0.3) is 11.8 Å². The summed E-state index contributed by atoms with van der Waals surface area (Å²) in [6.07, 6.45) is 0. The minimum Gasteiger partial charge on any atom is -0.339 e. The number of hydrogen-bond donors (Lipinski definition) is 0. The van der Waals surface area contributed by atoms with Crippen LogP contribution in [0.1, 0.15) is 11.1 Å². The van der Waals surface area contributed by atoms with Crippen molar-refractivity contribution >= 4 is 34.7 Å². The lowest BCUT2D eigenvalue weighted by Crippen LogP contribution is -2.33. The van der Waals surface area contributed by atoms with E-state index in [-0.39, 0.29) is 17.8 Å². The molecule has 3 aromatic carbocycles. The molecule has 0 bridgehead atoms. The first kappa shape index (κ1) is 19.9. The summed E-state index contributed by atoms with van der Waals surface area (Å²) in [7, 11) is 1.74. The molecule has 3 aromatic rings. The van der Waals surface area contributed by atoms with Crippen molar-refractivity contribution in [2.24, 2.45) is 0 Å². The van der Waals surface area contributed by atoms with Crippen LogP contribution in [-0.4, -0.2) is 23.8 Å². The molecule has 0 atom stereocenters. The molecule has 0 radical (unpaired) electrons. The number of nitrogens with zero attached hydrogens (tertiary/aromatic N) is 2. The molecule has 0 spiro atoms. The highest BCUT2D eigenvalue weighted by atomic mass is 35.5. The Morgan fingerprint density at radius 3 is 2.13 bits per heavy atom. The summed E-state index contributed by atoms with van der Waals surface area (Å²) in [5.41, 5.74) is 2.54. The topological polar surface area (TPSA) is 40.6 Å². The fourth-order valence-corrected chi connectivity index (χ4v) is 3.57. The molecule has 4 nitrogen and oxygen atoms in total. The Labute approximate surface area is 178 Å². The lowest BCUT2D eigenvalue weighted by atomic mass is 10.0. The van der Waals surface area contributed by atoms with Crippen molar-refractivity contribution in [1.29, 1.82) is 0 Å². The van der Waals surface area contributed by atoms with Crippen molar-refractivity contribution in [3.63, 3.8) is 0 Å². The first-order chi connectivity index (χ1) is 14.5. The van der Waals surface area contributed by atoms with Crippen LogP contribution in [-0.2, 0) is 16.1 Å². The van der Waals surface area contributed by atoms with Crippen LogP contribution < -0.4 is 4.90 Å². The molecule has 0 unspecified atom stereocenters. The van der Waals surface area contributed by atoms with Gasteiger partial charge in [-0.25, -0.2) is 4.39 Å². The van der Waals surface area contributed by atoms with Crippen molar-refractivity contribution in [1.82, 2.24) is 4.90 Å². The molecule has 0 saturated carbocycles. The van der Waals surface area contributed by atoms with Gasteiger partial charge in [0.1, 0.15) is 11.5 Å². The van der Waals surface area contributed by atoms with Crippen LogP contribution >= 0.6 is 11.6 Å². The van der Waals surface area contributed by atoms with Crippen LogP contribution in [0.15, 0.2) is 84.6 Å². The summed E-state index contributed by atoms with van der Waals surface area (Å²) >= 11 is 5.94. The van der Waals surface area contributed by atoms with Crippen molar-refractivity contribution in [3.8, 4) is 0 Å². The molecule has 0 aromatic heterocycles. The molecular weight excluding hydrogens is 403 g/mol. The van der Waals surface area contributed by atoms with Gasteiger partial charge in [0.2, 0.25) is 0 Å². The third-order valence-corrected chi connectivity index (χ3v) is 5.26. The van der Waals surface area contributed by atoms with Gasteiger partial charge in [0, 0.05) is 17.8 Å². The number of hydrogen-bond acceptors (Lipinski definition) is 3. The molecule has 6 heteroatoms. The smallest absolute Gasteiger partial charge is 0.278 e. The number of anilines is 1. The van der Waals surface area contributed by atoms with E-state index < -0.39 is 17.6 Å². The summed E-state index contributed by atoms with van der Waals surface area (Å²) in [5.74, 6) is -1.23. The lowest BCUT2D eigenvalue weighted by molar-refractivity contribution is -0.137. The second-order valence-electron chi connectivity index (χ2n) is 6.95. The summed E-state index contributed by atoms with van der Waals surface area (Å²) in [4.78, 5) is 29.6. The number of rotatable bonds is 5. The second kappa shape index (κ2) is 8.13. The van der Waals surface area contributed by atoms with Crippen LogP contribution in [0.25, 0.3) is 5.57 Å². The van der Waals surface area contributed by atoms with E-state index in [2.05, 4.69) is 0 Å². The highest BCUT2D eigenvalue weighted by Crippen LogP contribution is 2.34. The maximum absolute atomic E-state index is 13.5. The van der Waals surface area contributed by atoms with E-state index in [1.165, 1.54) is 29.2 Å². The van der Waals surface area contributed by atoms with E-state index in [4.69, 9.17) is 11.6 Å². The quantitative estimate of drug-likeness (QED) is 0.551. The Kier molecular flexibility index (Phi) is 5.38. The van der Waals surface area contributed by atoms with E-state index >= 15 is 0 Å². The third-order valence-electron chi connectivity index (χ3n) is 5.01. The van der Waals surface area contributed by atoms with Gasteiger partial charge in [0.05, 0.1) is 12.1 Å². The molecule has 0 aliphatic carbocycles. The van der Waals surface area contributed by atoms with E-state index in [9.17, 15) is 14.0 Å². The Balaban J connectivity index is 1.78. The zero-order valence-corrected chi connectivity index (χ0v) is 16.9. The first-order valence-electron chi connectivity index (χ1n) is 9.35. The molecule has 1 aliphatic rings. The summed E-state index contributed by atoms with van der Waals surface area (Å²) in [6, 6.07) is 21.9. The molecule has 150 valence electrons. The van der Waals surface area contributed by atoms with E-state index in [1.54, 1.807) is 36.2 Å². The van der Waals surface area contributed by atoms with E-state index in [0.29, 0.717) is 10.6 Å². The number of imide groups is 1. The summed E-state index contributed by atoms with van der Waals surface area (Å²) < 4.78 is 13.5. The maximum atomic E-state index is 13.5. The Bertz CT molecular complexity index is 1130. The standard InChI is InChI=1S/C24H18ClFN2O2/c1-27(20-5-3-2-4-6-20)22-21(17-9-13-19(26)14-10-17)23(29)28(24(22)30)15-16-7-11-18(25)12-8-16/h2-14H,15H2,1H3. The SMILES string of the molecule is CN(C1=C(c2ccc(F)cc2)C(=O)N(Cc2ccc(Cl)cc2)C1=O)c1ccccc1. The normalized spacial score (nSPS) is 13.9. The number of para-hydroxylation sites is 1. The van der Waals surface area contributed by atoms with Crippen molar-refractivity contribution < 1.29 is 14.0 Å². The van der Waals surface area contributed by atoms with Gasteiger partial charge in [-0.05, 0) is 47.5 Å². The fraction of sp³-hybridized carbons (Fsp3) is 0.0833. The van der Waals surface area contributed by atoms with Crippen LogP contribution in [0.2, 0.25) is 5.02 Å². The molecule has 0 fully saturated rings. The van der Waals surface area contributed by atoms with Gasteiger partial charge in [-0.1, -0.05) is 54.1 Å². The second-order valence-corrected chi connectivity index (χ2v) is 7.38.